The van der Waals surface area contributed by atoms with Crippen molar-refractivity contribution in [2.24, 2.45) is 0 Å². The van der Waals surface area contributed by atoms with Crippen molar-refractivity contribution >= 4 is 46.4 Å². The van der Waals surface area contributed by atoms with Gasteiger partial charge in [0.25, 0.3) is 11.8 Å². The summed E-state index contributed by atoms with van der Waals surface area (Å²) in [6.07, 6.45) is -2.88. The SMILES string of the molecule is [C-]#[N+]c1ccc(NC(=O)[C@H](OC(C)=O)[C@H]2OCCN(c3cccc(CC(=O)N(C)C)c3)C2=O)cc1[N+]#[C-]. The van der Waals surface area contributed by atoms with Crippen molar-refractivity contribution in [2.45, 2.75) is 25.6 Å². The van der Waals surface area contributed by atoms with Gasteiger partial charge in [0.2, 0.25) is 12.0 Å². The molecular weight excluding hydrogens is 478 g/mol. The monoisotopic (exact) mass is 503 g/mol. The van der Waals surface area contributed by atoms with Gasteiger partial charge in [0.15, 0.2) is 17.5 Å². The zero-order valence-electron chi connectivity index (χ0n) is 20.6. The van der Waals surface area contributed by atoms with Crippen molar-refractivity contribution in [2.75, 3.05) is 37.5 Å². The second-order valence-electron chi connectivity index (χ2n) is 8.36. The number of nitrogens with zero attached hydrogens (tertiary/aromatic N) is 4. The van der Waals surface area contributed by atoms with Crippen molar-refractivity contribution < 1.29 is 28.7 Å². The molecule has 0 bridgehead atoms. The molecule has 0 aliphatic carbocycles. The molecule has 2 aromatic carbocycles. The first-order chi connectivity index (χ1) is 17.6. The minimum atomic E-state index is -1.61. The maximum absolute atomic E-state index is 13.4. The van der Waals surface area contributed by atoms with E-state index < -0.39 is 30.0 Å². The van der Waals surface area contributed by atoms with E-state index in [-0.39, 0.29) is 42.5 Å². The maximum Gasteiger partial charge on any atom is 0.303 e. The number of amides is 3. The van der Waals surface area contributed by atoms with Gasteiger partial charge in [-0.2, -0.15) is 0 Å². The number of rotatable bonds is 7. The highest BCUT2D eigenvalue weighted by atomic mass is 16.6. The molecule has 190 valence electrons. The average molecular weight is 504 g/mol. The lowest BCUT2D eigenvalue weighted by atomic mass is 10.1. The minimum Gasteiger partial charge on any atom is -0.449 e. The molecule has 0 radical (unpaired) electrons. The van der Waals surface area contributed by atoms with Gasteiger partial charge in [0.05, 0.1) is 26.2 Å². The van der Waals surface area contributed by atoms with Gasteiger partial charge in [-0.25, -0.2) is 0 Å². The number of morpholine rings is 1. The molecule has 1 saturated heterocycles. The van der Waals surface area contributed by atoms with Gasteiger partial charge in [-0.3, -0.25) is 28.9 Å². The molecule has 2 aromatic rings. The Kier molecular flexibility index (Phi) is 8.56. The summed E-state index contributed by atoms with van der Waals surface area (Å²) >= 11 is 0. The van der Waals surface area contributed by atoms with Crippen molar-refractivity contribution in [3.63, 3.8) is 0 Å². The van der Waals surface area contributed by atoms with Crippen LogP contribution in [0.1, 0.15) is 12.5 Å². The van der Waals surface area contributed by atoms with Crippen LogP contribution in [-0.2, 0) is 35.1 Å². The number of anilines is 2. The molecule has 1 N–H and O–H groups in total. The quantitative estimate of drug-likeness (QED) is 0.459. The third-order valence-electron chi connectivity index (χ3n) is 5.51. The summed E-state index contributed by atoms with van der Waals surface area (Å²) in [7, 11) is 3.31. The molecule has 1 heterocycles. The van der Waals surface area contributed by atoms with Gasteiger partial charge in [-0.1, -0.05) is 24.3 Å². The average Bonchev–Trinajstić information content (AvgIpc) is 2.87. The summed E-state index contributed by atoms with van der Waals surface area (Å²) in [5.41, 5.74) is 1.58. The van der Waals surface area contributed by atoms with E-state index in [4.69, 9.17) is 22.6 Å². The number of hydrogen-bond donors (Lipinski definition) is 1. The molecular formula is C26H25N5O6. The molecule has 11 nitrogen and oxygen atoms in total. The second kappa shape index (κ2) is 11.8. The van der Waals surface area contributed by atoms with Gasteiger partial charge in [-0.15, -0.1) is 0 Å². The molecule has 2 atom stereocenters. The summed E-state index contributed by atoms with van der Waals surface area (Å²) in [6, 6.07) is 11.1. The van der Waals surface area contributed by atoms with Gasteiger partial charge in [-0.05, 0) is 23.8 Å². The van der Waals surface area contributed by atoms with Gasteiger partial charge >= 0.3 is 5.97 Å². The summed E-state index contributed by atoms with van der Waals surface area (Å²) in [6.45, 7) is 15.7. The van der Waals surface area contributed by atoms with Crippen LogP contribution in [0, 0.1) is 13.1 Å². The third kappa shape index (κ3) is 6.48. The number of carbonyl (C=O) groups excluding carboxylic acids is 4. The first-order valence-corrected chi connectivity index (χ1v) is 11.2. The molecule has 11 heteroatoms. The Morgan fingerprint density at radius 3 is 2.54 bits per heavy atom. The third-order valence-corrected chi connectivity index (χ3v) is 5.51. The Morgan fingerprint density at radius 2 is 1.89 bits per heavy atom. The predicted octanol–water partition coefficient (Wildman–Crippen LogP) is 2.72. The maximum atomic E-state index is 13.4. The smallest absolute Gasteiger partial charge is 0.303 e. The van der Waals surface area contributed by atoms with Crippen LogP contribution in [0.15, 0.2) is 42.5 Å². The first-order valence-electron chi connectivity index (χ1n) is 11.2. The summed E-state index contributed by atoms with van der Waals surface area (Å²) in [5.74, 6) is -2.30. The van der Waals surface area contributed by atoms with Crippen LogP contribution in [0.3, 0.4) is 0 Å². The number of carbonyl (C=O) groups is 4. The van der Waals surface area contributed by atoms with E-state index in [2.05, 4.69) is 15.0 Å². The van der Waals surface area contributed by atoms with Crippen LogP contribution in [0.5, 0.6) is 0 Å². The van der Waals surface area contributed by atoms with Crippen LogP contribution >= 0.6 is 0 Å². The largest absolute Gasteiger partial charge is 0.449 e. The molecule has 0 aromatic heterocycles. The highest BCUT2D eigenvalue weighted by molar-refractivity contribution is 6.05. The normalized spacial score (nSPS) is 15.6. The summed E-state index contributed by atoms with van der Waals surface area (Å²) in [5, 5.41) is 2.53. The predicted molar refractivity (Wildman–Crippen MR) is 134 cm³/mol. The Morgan fingerprint density at radius 1 is 1.16 bits per heavy atom. The van der Waals surface area contributed by atoms with Gasteiger partial charge < -0.3 is 24.6 Å². The standard InChI is InChI=1S/C26H25N5O6/c1-16(32)37-23(25(34)29-18-9-10-20(27-2)21(15-18)28-3)24-26(35)31(11-12-36-24)19-8-6-7-17(13-19)14-22(33)30(4)5/h6-10,13,15,23-24H,11-12,14H2,1,4-5H3,(H,29,34)/t23-,24-/m1/s1. The fourth-order valence-electron chi connectivity index (χ4n) is 3.68. The Hall–Kier alpha value is -4.74. The first kappa shape index (κ1) is 26.9. The van der Waals surface area contributed by atoms with Crippen LogP contribution < -0.4 is 10.2 Å². The molecule has 1 aliphatic heterocycles. The molecule has 1 aliphatic rings. The van der Waals surface area contributed by atoms with E-state index in [1.54, 1.807) is 38.4 Å². The lowest BCUT2D eigenvalue weighted by molar-refractivity contribution is -0.167. The van der Waals surface area contributed by atoms with Crippen molar-refractivity contribution in [1.82, 2.24) is 4.90 Å². The Bertz CT molecular complexity index is 1310. The fraction of sp³-hybridized carbons (Fsp3) is 0.308. The lowest BCUT2D eigenvalue weighted by Crippen LogP contribution is -2.56. The highest BCUT2D eigenvalue weighted by Gasteiger charge is 2.42. The molecule has 0 spiro atoms. The number of likely N-dealkylation sites (N-methyl/N-ethyl adjacent to an activating group) is 1. The Balaban J connectivity index is 1.84. The van der Waals surface area contributed by atoms with E-state index in [0.717, 1.165) is 6.92 Å². The zero-order valence-corrected chi connectivity index (χ0v) is 20.6. The van der Waals surface area contributed by atoms with E-state index in [1.807, 2.05) is 0 Å². The molecule has 3 rings (SSSR count). The van der Waals surface area contributed by atoms with E-state index >= 15 is 0 Å². The van der Waals surface area contributed by atoms with Crippen molar-refractivity contribution in [3.05, 3.63) is 70.9 Å². The summed E-state index contributed by atoms with van der Waals surface area (Å²) in [4.78, 5) is 59.9. The van der Waals surface area contributed by atoms with E-state index in [0.29, 0.717) is 11.3 Å². The van der Waals surface area contributed by atoms with Gasteiger partial charge in [0, 0.05) is 38.9 Å². The number of ether oxygens (including phenoxy) is 2. The molecule has 0 saturated carbocycles. The number of esters is 1. The van der Waals surface area contributed by atoms with Crippen molar-refractivity contribution in [1.29, 1.82) is 0 Å². The number of hydrogen-bond acceptors (Lipinski definition) is 6. The minimum absolute atomic E-state index is 0.0423. The van der Waals surface area contributed by atoms with Crippen LogP contribution in [0.4, 0.5) is 22.7 Å². The van der Waals surface area contributed by atoms with E-state index in [9.17, 15) is 19.2 Å². The molecule has 1 fully saturated rings. The summed E-state index contributed by atoms with van der Waals surface area (Å²) < 4.78 is 10.8. The van der Waals surface area contributed by atoms with Gasteiger partial charge in [0.1, 0.15) is 0 Å². The van der Waals surface area contributed by atoms with Crippen molar-refractivity contribution in [3.8, 4) is 0 Å². The lowest BCUT2D eigenvalue weighted by Gasteiger charge is -2.35. The zero-order chi connectivity index (χ0) is 27.1. The number of benzene rings is 2. The Labute approximate surface area is 214 Å². The molecule has 37 heavy (non-hydrogen) atoms. The van der Waals surface area contributed by atoms with Crippen LogP contribution in [0.2, 0.25) is 0 Å². The topological polar surface area (TPSA) is 114 Å². The van der Waals surface area contributed by atoms with E-state index in [1.165, 1.54) is 28.0 Å². The molecule has 0 unspecified atom stereocenters. The number of nitrogens with one attached hydrogen (secondary N) is 1. The van der Waals surface area contributed by atoms with Crippen LogP contribution in [0.25, 0.3) is 9.69 Å². The molecule has 3 amide bonds. The fourth-order valence-corrected chi connectivity index (χ4v) is 3.68. The van der Waals surface area contributed by atoms with Crippen LogP contribution in [-0.4, -0.2) is 68.0 Å². The highest BCUT2D eigenvalue weighted by Crippen LogP contribution is 2.31. The second-order valence-corrected chi connectivity index (χ2v) is 8.36.